The minimum Gasteiger partial charge on any atom is -0.506 e. The highest BCUT2D eigenvalue weighted by Crippen LogP contribution is 2.36. The van der Waals surface area contributed by atoms with Crippen molar-refractivity contribution in [1.29, 1.82) is 0 Å². The van der Waals surface area contributed by atoms with Crippen LogP contribution in [0.1, 0.15) is 46.3 Å². The summed E-state index contributed by atoms with van der Waals surface area (Å²) in [7, 11) is 0. The van der Waals surface area contributed by atoms with Gasteiger partial charge in [-0.3, -0.25) is 4.79 Å². The number of nitrogens with zero attached hydrogens (tertiary/aromatic N) is 1. The second-order valence-electron chi connectivity index (χ2n) is 6.96. The van der Waals surface area contributed by atoms with Gasteiger partial charge in [-0.25, -0.2) is 4.98 Å². The number of benzene rings is 2. The minimum absolute atomic E-state index is 0.0125. The summed E-state index contributed by atoms with van der Waals surface area (Å²) in [5, 5.41) is 10.1. The second-order valence-corrected chi connectivity index (χ2v) is 8.72. The van der Waals surface area contributed by atoms with Gasteiger partial charge in [0.05, 0.1) is 21.2 Å². The molecule has 0 saturated heterocycles. The molecule has 1 N–H and O–H groups in total. The van der Waals surface area contributed by atoms with Gasteiger partial charge in [0, 0.05) is 5.56 Å². The van der Waals surface area contributed by atoms with Crippen LogP contribution in [-0.4, -0.2) is 15.9 Å². The van der Waals surface area contributed by atoms with Gasteiger partial charge < -0.3 is 5.11 Å². The predicted molar refractivity (Wildman–Crippen MR) is 118 cm³/mol. The first-order valence-corrected chi connectivity index (χ1v) is 10.6. The summed E-state index contributed by atoms with van der Waals surface area (Å²) >= 11 is 13.1. The molecule has 0 spiro atoms. The van der Waals surface area contributed by atoms with Crippen LogP contribution in [0.25, 0.3) is 16.6 Å². The molecule has 0 amide bonds. The third kappa shape index (κ3) is 5.11. The first-order chi connectivity index (χ1) is 14.5. The molecule has 9 heteroatoms. The highest BCUT2D eigenvalue weighted by Gasteiger charge is 2.30. The number of carbonyl (C=O) groups is 1. The maximum atomic E-state index is 12.8. The van der Waals surface area contributed by atoms with Gasteiger partial charge in [0.1, 0.15) is 15.8 Å². The van der Waals surface area contributed by atoms with Crippen LogP contribution in [0.2, 0.25) is 10.0 Å². The molecule has 1 heterocycles. The van der Waals surface area contributed by atoms with Gasteiger partial charge in [-0.05, 0) is 47.9 Å². The number of aromatic nitrogens is 1. The summed E-state index contributed by atoms with van der Waals surface area (Å²) in [5.74, 6) is -0.556. The smallest absolute Gasteiger partial charge is 0.416 e. The molecular formula is C22H16Cl2F3NO2S. The number of phenols is 1. The topological polar surface area (TPSA) is 50.2 Å². The Bertz CT molecular complexity index is 1150. The van der Waals surface area contributed by atoms with Gasteiger partial charge in [0.25, 0.3) is 0 Å². The number of ketones is 1. The molecule has 3 rings (SSSR count). The van der Waals surface area contributed by atoms with E-state index in [-0.39, 0.29) is 27.5 Å². The van der Waals surface area contributed by atoms with Crippen molar-refractivity contribution in [2.24, 2.45) is 0 Å². The summed E-state index contributed by atoms with van der Waals surface area (Å²) in [5.41, 5.74) is 0.762. The standard InChI is InChI=1S/C22H16Cl2F3NO2S/c1-11(2)19-20(16(30)10-6-12-5-9-15(29)18(24)17(12)23)31-21(28-19)13-3-7-14(8-4-13)22(25,26)27/h3-11,29H,1-2H3/b10-6+. The molecule has 162 valence electrons. The Labute approximate surface area is 190 Å². The Morgan fingerprint density at radius 2 is 1.74 bits per heavy atom. The third-order valence-corrected chi connectivity index (χ3v) is 6.41. The van der Waals surface area contributed by atoms with Crippen molar-refractivity contribution < 1.29 is 23.1 Å². The van der Waals surface area contributed by atoms with Gasteiger partial charge in [-0.2, -0.15) is 13.2 Å². The van der Waals surface area contributed by atoms with E-state index in [1.54, 1.807) is 0 Å². The number of halogens is 5. The van der Waals surface area contributed by atoms with Crippen LogP contribution in [-0.2, 0) is 6.18 Å². The first-order valence-electron chi connectivity index (χ1n) is 9.06. The van der Waals surface area contributed by atoms with Gasteiger partial charge in [0.2, 0.25) is 0 Å². The fraction of sp³-hybridized carbons (Fsp3) is 0.182. The number of allylic oxidation sites excluding steroid dienone is 1. The number of hydrogen-bond donors (Lipinski definition) is 1. The fourth-order valence-electron chi connectivity index (χ4n) is 2.75. The summed E-state index contributed by atoms with van der Waals surface area (Å²) in [6, 6.07) is 7.56. The lowest BCUT2D eigenvalue weighted by atomic mass is 10.1. The molecule has 1 aromatic heterocycles. The first kappa shape index (κ1) is 23.3. The molecule has 0 aliphatic carbocycles. The average molecular weight is 486 g/mol. The van der Waals surface area contributed by atoms with Crippen molar-refractivity contribution in [3.63, 3.8) is 0 Å². The number of alkyl halides is 3. The Morgan fingerprint density at radius 1 is 1.10 bits per heavy atom. The van der Waals surface area contributed by atoms with Gasteiger partial charge in [0.15, 0.2) is 5.78 Å². The molecular weight excluding hydrogens is 470 g/mol. The third-order valence-electron chi connectivity index (χ3n) is 4.39. The second kappa shape index (κ2) is 9.02. The van der Waals surface area contributed by atoms with Crippen LogP contribution in [0.15, 0.2) is 42.5 Å². The molecule has 0 saturated carbocycles. The van der Waals surface area contributed by atoms with Crippen molar-refractivity contribution in [2.45, 2.75) is 25.9 Å². The minimum atomic E-state index is -4.42. The Kier molecular flexibility index (Phi) is 6.79. The van der Waals surface area contributed by atoms with Gasteiger partial charge in [-0.1, -0.05) is 49.2 Å². The van der Waals surface area contributed by atoms with Crippen molar-refractivity contribution >= 4 is 46.4 Å². The molecule has 0 unspecified atom stereocenters. The number of carbonyl (C=O) groups excluding carboxylic acids is 1. The summed E-state index contributed by atoms with van der Waals surface area (Å²) in [4.78, 5) is 17.7. The van der Waals surface area contributed by atoms with Gasteiger partial charge >= 0.3 is 6.18 Å². The summed E-state index contributed by atoms with van der Waals surface area (Å²) in [6.45, 7) is 3.76. The van der Waals surface area contributed by atoms with E-state index in [0.29, 0.717) is 26.7 Å². The lowest BCUT2D eigenvalue weighted by molar-refractivity contribution is -0.137. The summed E-state index contributed by atoms with van der Waals surface area (Å²) in [6.07, 6.45) is -1.61. The molecule has 0 radical (unpaired) electrons. The Hall–Kier alpha value is -2.35. The van der Waals surface area contributed by atoms with E-state index in [9.17, 15) is 23.1 Å². The monoisotopic (exact) mass is 485 g/mol. The van der Waals surface area contributed by atoms with Crippen molar-refractivity contribution in [3.8, 4) is 16.3 Å². The SMILES string of the molecule is CC(C)c1nc(-c2ccc(C(F)(F)F)cc2)sc1C(=O)/C=C/c1ccc(O)c(Cl)c1Cl. The molecule has 0 atom stereocenters. The highest BCUT2D eigenvalue weighted by atomic mass is 35.5. The van der Waals surface area contributed by atoms with Crippen LogP contribution in [0, 0.1) is 0 Å². The fourth-order valence-corrected chi connectivity index (χ4v) is 4.29. The number of phenolic OH excluding ortho intramolecular Hbond substituents is 1. The van der Waals surface area contributed by atoms with Crippen LogP contribution < -0.4 is 0 Å². The van der Waals surface area contributed by atoms with Crippen LogP contribution >= 0.6 is 34.5 Å². The lowest BCUT2D eigenvalue weighted by Gasteiger charge is -2.06. The maximum absolute atomic E-state index is 12.8. The molecule has 0 aliphatic rings. The number of aromatic hydroxyl groups is 1. The largest absolute Gasteiger partial charge is 0.506 e. The zero-order chi connectivity index (χ0) is 22.9. The van der Waals surface area contributed by atoms with E-state index < -0.39 is 11.7 Å². The van der Waals surface area contributed by atoms with E-state index in [0.717, 1.165) is 23.5 Å². The normalized spacial score (nSPS) is 12.1. The molecule has 31 heavy (non-hydrogen) atoms. The summed E-state index contributed by atoms with van der Waals surface area (Å²) < 4.78 is 38.4. The molecule has 0 bridgehead atoms. The molecule has 0 aliphatic heterocycles. The number of thiazole rings is 1. The van der Waals surface area contributed by atoms with E-state index in [1.807, 2.05) is 13.8 Å². The van der Waals surface area contributed by atoms with Crippen molar-refractivity contribution in [2.75, 3.05) is 0 Å². The van der Waals surface area contributed by atoms with Crippen molar-refractivity contribution in [3.05, 3.63) is 74.2 Å². The Balaban J connectivity index is 1.93. The number of hydrogen-bond acceptors (Lipinski definition) is 4. The van der Waals surface area contributed by atoms with Gasteiger partial charge in [-0.15, -0.1) is 11.3 Å². The van der Waals surface area contributed by atoms with E-state index in [4.69, 9.17) is 23.2 Å². The van der Waals surface area contributed by atoms with E-state index >= 15 is 0 Å². The Morgan fingerprint density at radius 3 is 2.32 bits per heavy atom. The maximum Gasteiger partial charge on any atom is 0.416 e. The lowest BCUT2D eigenvalue weighted by Crippen LogP contribution is -2.03. The molecule has 3 nitrogen and oxygen atoms in total. The average Bonchev–Trinajstić information content (AvgIpc) is 3.17. The molecule has 0 fully saturated rings. The predicted octanol–water partition coefficient (Wildman–Crippen LogP) is 7.86. The zero-order valence-electron chi connectivity index (χ0n) is 16.3. The highest BCUT2D eigenvalue weighted by molar-refractivity contribution is 7.17. The molecule has 2 aromatic carbocycles. The van der Waals surface area contributed by atoms with E-state index in [1.165, 1.54) is 36.4 Å². The van der Waals surface area contributed by atoms with Crippen LogP contribution in [0.3, 0.4) is 0 Å². The van der Waals surface area contributed by atoms with Crippen LogP contribution in [0.5, 0.6) is 5.75 Å². The number of rotatable bonds is 5. The molecule has 3 aromatic rings. The van der Waals surface area contributed by atoms with Crippen LogP contribution in [0.4, 0.5) is 13.2 Å². The zero-order valence-corrected chi connectivity index (χ0v) is 18.6. The van der Waals surface area contributed by atoms with E-state index in [2.05, 4.69) is 4.98 Å². The van der Waals surface area contributed by atoms with Crippen molar-refractivity contribution in [1.82, 2.24) is 4.98 Å². The quantitative estimate of drug-likeness (QED) is 0.295.